The SMILES string of the molecule is CC1NN=C(O[C@H](C)CCCNC(=S)Nc2cccc(C(F)(F)F)c2)c2ccccc21. The van der Waals surface area contributed by atoms with Crippen molar-refractivity contribution in [3.63, 3.8) is 0 Å². The maximum absolute atomic E-state index is 12.8. The predicted octanol–water partition coefficient (Wildman–Crippen LogP) is 5.20. The summed E-state index contributed by atoms with van der Waals surface area (Å²) in [4.78, 5) is 0. The van der Waals surface area contributed by atoms with Crippen molar-refractivity contribution in [2.24, 2.45) is 5.10 Å². The van der Waals surface area contributed by atoms with Crippen molar-refractivity contribution in [1.29, 1.82) is 0 Å². The molecule has 9 heteroatoms. The molecule has 0 saturated carbocycles. The highest BCUT2D eigenvalue weighted by molar-refractivity contribution is 7.80. The molecule has 0 fully saturated rings. The largest absolute Gasteiger partial charge is 0.473 e. The first-order valence-corrected chi connectivity index (χ1v) is 10.5. The van der Waals surface area contributed by atoms with Crippen molar-refractivity contribution < 1.29 is 17.9 Å². The number of halogens is 3. The summed E-state index contributed by atoms with van der Waals surface area (Å²) in [6.07, 6.45) is -2.92. The molecule has 0 saturated heterocycles. The first kappa shape index (κ1) is 22.9. The molecule has 0 amide bonds. The van der Waals surface area contributed by atoms with Gasteiger partial charge in [0.1, 0.15) is 0 Å². The molecule has 2 atom stereocenters. The molecule has 2 aromatic carbocycles. The number of hydrazone groups is 1. The van der Waals surface area contributed by atoms with Gasteiger partial charge in [0.15, 0.2) is 5.11 Å². The zero-order chi connectivity index (χ0) is 22.4. The van der Waals surface area contributed by atoms with Crippen molar-refractivity contribution in [1.82, 2.24) is 10.7 Å². The number of ether oxygens (including phenoxy) is 1. The van der Waals surface area contributed by atoms with Gasteiger partial charge in [-0.25, -0.2) is 0 Å². The molecule has 0 bridgehead atoms. The van der Waals surface area contributed by atoms with E-state index in [4.69, 9.17) is 17.0 Å². The molecule has 2 aromatic rings. The first-order chi connectivity index (χ1) is 14.7. The summed E-state index contributed by atoms with van der Waals surface area (Å²) in [6.45, 7) is 4.59. The van der Waals surface area contributed by atoms with E-state index in [1.807, 2.05) is 32.0 Å². The highest BCUT2D eigenvalue weighted by Gasteiger charge is 2.30. The first-order valence-electron chi connectivity index (χ1n) is 10.1. The second kappa shape index (κ2) is 10.00. The summed E-state index contributed by atoms with van der Waals surface area (Å²) in [6, 6.07) is 13.1. The molecular weight excluding hydrogens is 425 g/mol. The number of anilines is 1. The molecule has 1 aliphatic heterocycles. The van der Waals surface area contributed by atoms with Gasteiger partial charge in [-0.05, 0) is 68.7 Å². The Balaban J connectivity index is 1.41. The third-order valence-electron chi connectivity index (χ3n) is 4.85. The van der Waals surface area contributed by atoms with Gasteiger partial charge in [-0.15, -0.1) is 5.10 Å². The minimum absolute atomic E-state index is 0.0613. The highest BCUT2D eigenvalue weighted by Crippen LogP contribution is 2.30. The molecule has 0 spiro atoms. The highest BCUT2D eigenvalue weighted by atomic mass is 32.1. The van der Waals surface area contributed by atoms with Crippen molar-refractivity contribution in [2.75, 3.05) is 11.9 Å². The Hall–Kier alpha value is -2.81. The van der Waals surface area contributed by atoms with Crippen molar-refractivity contribution in [3.05, 3.63) is 65.2 Å². The lowest BCUT2D eigenvalue weighted by atomic mass is 10.0. The molecule has 1 heterocycles. The van der Waals surface area contributed by atoms with Crippen molar-refractivity contribution in [2.45, 2.75) is 45.0 Å². The monoisotopic (exact) mass is 450 g/mol. The lowest BCUT2D eigenvalue weighted by Crippen LogP contribution is -2.30. The normalized spacial score (nSPS) is 16.4. The van der Waals surface area contributed by atoms with E-state index in [1.165, 1.54) is 12.1 Å². The van der Waals surface area contributed by atoms with Crippen LogP contribution in [-0.2, 0) is 10.9 Å². The zero-order valence-corrected chi connectivity index (χ0v) is 18.1. The fourth-order valence-electron chi connectivity index (χ4n) is 3.23. The average molecular weight is 451 g/mol. The molecule has 1 unspecified atom stereocenters. The third kappa shape index (κ3) is 6.33. The van der Waals surface area contributed by atoms with E-state index in [1.54, 1.807) is 0 Å². The van der Waals surface area contributed by atoms with Crippen LogP contribution in [0.25, 0.3) is 0 Å². The number of hydrogen-bond donors (Lipinski definition) is 3. The van der Waals surface area contributed by atoms with Gasteiger partial charge < -0.3 is 15.4 Å². The standard InChI is InChI=1S/C22H25F3N4OS/c1-14(30-20-19-11-4-3-10-18(19)15(2)28-29-20)7-6-12-26-21(31)27-17-9-5-8-16(13-17)22(23,24)25/h3-5,8-11,13-15,28H,6-7,12H2,1-2H3,(H2,26,27,31)/t14-,15?/m1/s1. The van der Waals surface area contributed by atoms with Gasteiger partial charge >= 0.3 is 6.18 Å². The van der Waals surface area contributed by atoms with Crippen LogP contribution in [0.2, 0.25) is 0 Å². The number of thiocarbonyl (C=S) groups is 1. The fourth-order valence-corrected chi connectivity index (χ4v) is 3.45. The minimum atomic E-state index is -4.39. The topological polar surface area (TPSA) is 57.7 Å². The van der Waals surface area contributed by atoms with E-state index >= 15 is 0 Å². The number of nitrogens with one attached hydrogen (secondary N) is 3. The lowest BCUT2D eigenvalue weighted by Gasteiger charge is -2.25. The van der Waals surface area contributed by atoms with E-state index < -0.39 is 11.7 Å². The van der Waals surface area contributed by atoms with E-state index in [-0.39, 0.29) is 17.3 Å². The number of benzene rings is 2. The smallest absolute Gasteiger partial charge is 0.416 e. The average Bonchev–Trinajstić information content (AvgIpc) is 2.73. The van der Waals surface area contributed by atoms with Crippen LogP contribution in [0.15, 0.2) is 53.6 Å². The van der Waals surface area contributed by atoms with Gasteiger partial charge in [0, 0.05) is 17.8 Å². The minimum Gasteiger partial charge on any atom is -0.473 e. The van der Waals surface area contributed by atoms with Gasteiger partial charge in [0.2, 0.25) is 5.90 Å². The number of rotatable bonds is 6. The summed E-state index contributed by atoms with van der Waals surface area (Å²) >= 11 is 5.18. The summed E-state index contributed by atoms with van der Waals surface area (Å²) in [7, 11) is 0. The Labute approximate surface area is 185 Å². The summed E-state index contributed by atoms with van der Waals surface area (Å²) in [5.41, 5.74) is 4.78. The van der Waals surface area contributed by atoms with Gasteiger partial charge in [-0.2, -0.15) is 13.2 Å². The molecule has 0 aliphatic carbocycles. The molecular formula is C22H25F3N4OS. The van der Waals surface area contributed by atoms with Crippen molar-refractivity contribution in [3.8, 4) is 0 Å². The molecule has 3 rings (SSSR count). The second-order valence-electron chi connectivity index (χ2n) is 7.39. The van der Waals surface area contributed by atoms with Crippen LogP contribution in [0.4, 0.5) is 18.9 Å². The van der Waals surface area contributed by atoms with Crippen LogP contribution >= 0.6 is 12.2 Å². The quantitative estimate of drug-likeness (QED) is 0.417. The van der Waals surface area contributed by atoms with Crippen molar-refractivity contribution >= 4 is 28.9 Å². The molecule has 166 valence electrons. The van der Waals surface area contributed by atoms with Gasteiger partial charge in [-0.1, -0.05) is 24.3 Å². The Morgan fingerprint density at radius 3 is 2.77 bits per heavy atom. The van der Waals surface area contributed by atoms with Crippen LogP contribution in [-0.4, -0.2) is 23.7 Å². The molecule has 0 aromatic heterocycles. The predicted molar refractivity (Wildman–Crippen MR) is 120 cm³/mol. The zero-order valence-electron chi connectivity index (χ0n) is 17.3. The van der Waals surface area contributed by atoms with Gasteiger partial charge in [0.25, 0.3) is 0 Å². The second-order valence-corrected chi connectivity index (χ2v) is 7.79. The van der Waals surface area contributed by atoms with Crippen LogP contribution < -0.4 is 16.1 Å². The summed E-state index contributed by atoms with van der Waals surface area (Å²) < 4.78 is 44.4. The molecule has 1 aliphatic rings. The Kier molecular flexibility index (Phi) is 7.37. The van der Waals surface area contributed by atoms with E-state index in [0.717, 1.165) is 36.1 Å². The number of alkyl halides is 3. The number of hydrogen-bond acceptors (Lipinski definition) is 4. The number of nitrogens with zero attached hydrogens (tertiary/aromatic N) is 1. The van der Waals surface area contributed by atoms with E-state index in [0.29, 0.717) is 18.1 Å². The third-order valence-corrected chi connectivity index (χ3v) is 5.10. The maximum atomic E-state index is 12.8. The van der Waals surface area contributed by atoms with Gasteiger partial charge in [-0.3, -0.25) is 5.43 Å². The molecule has 5 nitrogen and oxygen atoms in total. The Morgan fingerprint density at radius 1 is 1.23 bits per heavy atom. The lowest BCUT2D eigenvalue weighted by molar-refractivity contribution is -0.137. The van der Waals surface area contributed by atoms with Crippen LogP contribution in [0.3, 0.4) is 0 Å². The van der Waals surface area contributed by atoms with Gasteiger partial charge in [0.05, 0.1) is 17.7 Å². The van der Waals surface area contributed by atoms with Crippen LogP contribution in [0.5, 0.6) is 0 Å². The van der Waals surface area contributed by atoms with E-state index in [2.05, 4.69) is 27.2 Å². The molecule has 3 N–H and O–H groups in total. The summed E-state index contributed by atoms with van der Waals surface area (Å²) in [5, 5.41) is 10.4. The van der Waals surface area contributed by atoms with E-state index in [9.17, 15) is 13.2 Å². The fraction of sp³-hybridized carbons (Fsp3) is 0.364. The Morgan fingerprint density at radius 2 is 2.00 bits per heavy atom. The Bertz CT molecular complexity index is 948. The number of fused-ring (bicyclic) bond motifs is 1. The molecule has 31 heavy (non-hydrogen) atoms. The maximum Gasteiger partial charge on any atom is 0.416 e. The van der Waals surface area contributed by atoms with Crippen LogP contribution in [0, 0.1) is 0 Å². The molecule has 0 radical (unpaired) electrons. The van der Waals surface area contributed by atoms with Crippen LogP contribution in [0.1, 0.15) is 49.4 Å². The summed E-state index contributed by atoms with van der Waals surface area (Å²) in [5.74, 6) is 0.580.